The Bertz CT molecular complexity index is 310. The molecule has 0 radical (unpaired) electrons. The van der Waals surface area contributed by atoms with Crippen LogP contribution in [0.5, 0.6) is 0 Å². The van der Waals surface area contributed by atoms with E-state index >= 15 is 0 Å². The van der Waals surface area contributed by atoms with Gasteiger partial charge in [-0.25, -0.2) is 9.59 Å². The smallest absolute Gasteiger partial charge is 0.356 e. The molecule has 1 aliphatic rings. The van der Waals surface area contributed by atoms with Gasteiger partial charge in [0.15, 0.2) is 0 Å². The molecular weight excluding hydrogens is 256 g/mol. The first-order chi connectivity index (χ1) is 8.59. The fourth-order valence-electron chi connectivity index (χ4n) is 1.32. The first kappa shape index (κ1) is 15.0. The van der Waals surface area contributed by atoms with Gasteiger partial charge < -0.3 is 14.2 Å². The van der Waals surface area contributed by atoms with Crippen molar-refractivity contribution >= 4 is 22.8 Å². The average Bonchev–Trinajstić information content (AvgIpc) is 2.35. The summed E-state index contributed by atoms with van der Waals surface area (Å²) in [6.45, 7) is 6.66. The molecule has 0 N–H and O–H groups in total. The second-order valence-corrected chi connectivity index (χ2v) is 6.24. The van der Waals surface area contributed by atoms with Gasteiger partial charge >= 0.3 is 11.9 Å². The minimum atomic E-state index is -0.461. The molecular formula is C12H19O5S+. The maximum absolute atomic E-state index is 11.5. The number of carbonyl (C=O) groups excluding carboxylic acids is 2. The van der Waals surface area contributed by atoms with Crippen molar-refractivity contribution in [2.45, 2.75) is 6.92 Å². The van der Waals surface area contributed by atoms with Crippen LogP contribution < -0.4 is 0 Å². The molecule has 0 spiro atoms. The van der Waals surface area contributed by atoms with E-state index in [9.17, 15) is 9.59 Å². The lowest BCUT2D eigenvalue weighted by Gasteiger charge is -2.13. The van der Waals surface area contributed by atoms with Crippen LogP contribution in [0, 0.1) is 0 Å². The molecule has 0 aromatic carbocycles. The topological polar surface area (TPSA) is 61.8 Å². The number of hydrogen-bond acceptors (Lipinski definition) is 5. The molecule has 1 aliphatic heterocycles. The van der Waals surface area contributed by atoms with Gasteiger partial charge in [-0.15, -0.1) is 0 Å². The summed E-state index contributed by atoms with van der Waals surface area (Å²) < 4.78 is 15.0. The van der Waals surface area contributed by atoms with Gasteiger partial charge in [-0.2, -0.15) is 0 Å². The normalized spacial score (nSPS) is 16.1. The van der Waals surface area contributed by atoms with E-state index < -0.39 is 5.97 Å². The maximum Gasteiger partial charge on any atom is 0.356 e. The van der Waals surface area contributed by atoms with Crippen LogP contribution in [0.25, 0.3) is 0 Å². The van der Waals surface area contributed by atoms with Crippen molar-refractivity contribution in [3.8, 4) is 0 Å². The van der Waals surface area contributed by atoms with E-state index in [1.807, 2.05) is 0 Å². The van der Waals surface area contributed by atoms with Crippen LogP contribution in [-0.4, -0.2) is 55.6 Å². The van der Waals surface area contributed by atoms with Crippen LogP contribution in [0.3, 0.4) is 0 Å². The highest BCUT2D eigenvalue weighted by Crippen LogP contribution is 2.04. The lowest BCUT2D eigenvalue weighted by molar-refractivity contribution is -0.148. The molecule has 0 aromatic rings. The molecule has 0 bridgehead atoms. The lowest BCUT2D eigenvalue weighted by atomic mass is 10.4. The van der Waals surface area contributed by atoms with Crippen molar-refractivity contribution < 1.29 is 23.8 Å². The summed E-state index contributed by atoms with van der Waals surface area (Å²) in [5.74, 6) is 1.61. The summed E-state index contributed by atoms with van der Waals surface area (Å²) in [5.41, 5.74) is 0.338. The predicted octanol–water partition coefficient (Wildman–Crippen LogP) is 0.297. The molecule has 0 saturated carbocycles. The Kier molecular flexibility index (Phi) is 6.82. The van der Waals surface area contributed by atoms with Gasteiger partial charge in [-0.05, 0) is 6.92 Å². The Morgan fingerprint density at radius 1 is 1.22 bits per heavy atom. The Labute approximate surface area is 110 Å². The van der Waals surface area contributed by atoms with E-state index in [1.165, 1.54) is 0 Å². The van der Waals surface area contributed by atoms with E-state index in [0.29, 0.717) is 11.3 Å². The summed E-state index contributed by atoms with van der Waals surface area (Å²) in [6, 6.07) is 0. The zero-order chi connectivity index (χ0) is 13.4. The number of carbonyl (C=O) groups is 2. The molecule has 0 atom stereocenters. The van der Waals surface area contributed by atoms with Crippen LogP contribution in [0.1, 0.15) is 6.92 Å². The Balaban J connectivity index is 2.06. The van der Waals surface area contributed by atoms with Gasteiger partial charge in [-0.1, -0.05) is 6.58 Å². The van der Waals surface area contributed by atoms with Crippen molar-refractivity contribution in [2.24, 2.45) is 0 Å². The first-order valence-electron chi connectivity index (χ1n) is 5.79. The number of ether oxygens (including phenoxy) is 3. The molecule has 0 aromatic heterocycles. The van der Waals surface area contributed by atoms with E-state index in [0.717, 1.165) is 24.7 Å². The largest absolute Gasteiger partial charge is 0.459 e. The third-order valence-electron chi connectivity index (χ3n) is 2.28. The highest BCUT2D eigenvalue weighted by Gasteiger charge is 2.26. The summed E-state index contributed by atoms with van der Waals surface area (Å²) in [5, 5.41) is 0. The fraction of sp³-hybridized carbons (Fsp3) is 0.667. The number of hydrogen-bond donors (Lipinski definition) is 0. The van der Waals surface area contributed by atoms with E-state index in [1.54, 1.807) is 6.92 Å². The summed E-state index contributed by atoms with van der Waals surface area (Å²) in [4.78, 5) is 22.5. The first-order valence-corrected chi connectivity index (χ1v) is 7.53. The number of esters is 2. The highest BCUT2D eigenvalue weighted by molar-refractivity contribution is 7.97. The SMILES string of the molecule is C=C(C)C(=O)OCCOC(=O)C[S+]1CCOCC1. The summed E-state index contributed by atoms with van der Waals surface area (Å²) >= 11 is 0. The molecule has 6 heteroatoms. The van der Waals surface area contributed by atoms with Crippen LogP contribution in [-0.2, 0) is 34.7 Å². The van der Waals surface area contributed by atoms with Crippen LogP contribution in [0.2, 0.25) is 0 Å². The predicted molar refractivity (Wildman–Crippen MR) is 69.5 cm³/mol. The van der Waals surface area contributed by atoms with E-state index in [-0.39, 0.29) is 30.1 Å². The summed E-state index contributed by atoms with van der Waals surface area (Å²) in [7, 11) is 0.0823. The van der Waals surface area contributed by atoms with Crippen molar-refractivity contribution in [3.05, 3.63) is 12.2 Å². The summed E-state index contributed by atoms with van der Waals surface area (Å²) in [6.07, 6.45) is 0. The molecule has 1 fully saturated rings. The monoisotopic (exact) mass is 275 g/mol. The molecule has 1 heterocycles. The molecule has 0 unspecified atom stereocenters. The molecule has 1 rings (SSSR count). The third-order valence-corrected chi connectivity index (χ3v) is 4.41. The third kappa shape index (κ3) is 6.07. The van der Waals surface area contributed by atoms with Crippen molar-refractivity contribution in [3.63, 3.8) is 0 Å². The van der Waals surface area contributed by atoms with Gasteiger partial charge in [0, 0.05) is 16.5 Å². The molecule has 5 nitrogen and oxygen atoms in total. The zero-order valence-electron chi connectivity index (χ0n) is 10.6. The van der Waals surface area contributed by atoms with Gasteiger partial charge in [-0.3, -0.25) is 0 Å². The second kappa shape index (κ2) is 8.16. The molecule has 18 heavy (non-hydrogen) atoms. The van der Waals surface area contributed by atoms with E-state index in [2.05, 4.69) is 6.58 Å². The second-order valence-electron chi connectivity index (χ2n) is 3.91. The Morgan fingerprint density at radius 2 is 1.83 bits per heavy atom. The van der Waals surface area contributed by atoms with Crippen LogP contribution >= 0.6 is 0 Å². The minimum absolute atomic E-state index is 0.0777. The van der Waals surface area contributed by atoms with Crippen LogP contribution in [0.15, 0.2) is 12.2 Å². The highest BCUT2D eigenvalue weighted by atomic mass is 32.2. The van der Waals surface area contributed by atoms with Crippen molar-refractivity contribution in [1.82, 2.24) is 0 Å². The minimum Gasteiger partial charge on any atom is -0.459 e. The van der Waals surface area contributed by atoms with Crippen LogP contribution in [0.4, 0.5) is 0 Å². The lowest BCUT2D eigenvalue weighted by Crippen LogP contribution is -2.32. The molecule has 0 amide bonds. The molecule has 0 aliphatic carbocycles. The molecule has 1 saturated heterocycles. The van der Waals surface area contributed by atoms with Gasteiger partial charge in [0.2, 0.25) is 5.75 Å². The zero-order valence-corrected chi connectivity index (χ0v) is 11.4. The van der Waals surface area contributed by atoms with Gasteiger partial charge in [0.1, 0.15) is 24.7 Å². The maximum atomic E-state index is 11.5. The standard InChI is InChI=1S/C12H19O5S/c1-10(2)12(14)17-4-3-16-11(13)9-18-7-5-15-6-8-18/h1,3-9H2,2H3/q+1. The molecule has 102 valence electrons. The van der Waals surface area contributed by atoms with E-state index in [4.69, 9.17) is 14.2 Å². The number of rotatable bonds is 6. The Morgan fingerprint density at radius 3 is 2.44 bits per heavy atom. The van der Waals surface area contributed by atoms with Crippen molar-refractivity contribution in [1.29, 1.82) is 0 Å². The fourth-order valence-corrected chi connectivity index (χ4v) is 2.94. The average molecular weight is 275 g/mol. The van der Waals surface area contributed by atoms with Crippen molar-refractivity contribution in [2.75, 3.05) is 43.7 Å². The quantitative estimate of drug-likeness (QED) is 0.302. The van der Waals surface area contributed by atoms with Gasteiger partial charge in [0.25, 0.3) is 0 Å². The van der Waals surface area contributed by atoms with Gasteiger partial charge in [0.05, 0.1) is 13.2 Å². The Hall–Kier alpha value is -1.01.